The van der Waals surface area contributed by atoms with E-state index in [0.717, 1.165) is 32.4 Å². The number of aromatic nitrogens is 4. The molecule has 1 saturated heterocycles. The molecule has 4 N–H and O–H groups in total. The first-order valence-electron chi connectivity index (χ1n) is 11.8. The molecule has 5 rings (SSSR count). The Bertz CT molecular complexity index is 1310. The number of nitrogens with zero attached hydrogens (tertiary/aromatic N) is 5. The first-order valence-corrected chi connectivity index (χ1v) is 12.1. The SMILES string of the molecule is CNc1cc(Nc2cc(Cl)cn(C3CCN(C)CC3)c2=O)nc2c(C(=O)NC3CC[C@@H]3O)cnn12. The Hall–Kier alpha value is -3.15. The van der Waals surface area contributed by atoms with Crippen molar-refractivity contribution < 1.29 is 9.90 Å². The summed E-state index contributed by atoms with van der Waals surface area (Å²) in [6, 6.07) is 3.10. The number of hydrogen-bond donors (Lipinski definition) is 4. The number of piperidine rings is 1. The van der Waals surface area contributed by atoms with E-state index in [0.29, 0.717) is 34.4 Å². The number of pyridine rings is 1. The lowest BCUT2D eigenvalue weighted by molar-refractivity contribution is 0.0448. The van der Waals surface area contributed by atoms with Crippen LogP contribution in [-0.4, -0.2) is 74.4 Å². The highest BCUT2D eigenvalue weighted by Gasteiger charge is 2.31. The smallest absolute Gasteiger partial charge is 0.274 e. The van der Waals surface area contributed by atoms with Crippen molar-refractivity contribution in [3.63, 3.8) is 0 Å². The highest BCUT2D eigenvalue weighted by molar-refractivity contribution is 6.30. The zero-order valence-corrected chi connectivity index (χ0v) is 20.4. The lowest BCUT2D eigenvalue weighted by Gasteiger charge is -2.32. The fourth-order valence-corrected chi connectivity index (χ4v) is 4.82. The summed E-state index contributed by atoms with van der Waals surface area (Å²) in [4.78, 5) is 33.0. The number of aliphatic hydroxyl groups excluding tert-OH is 1. The first-order chi connectivity index (χ1) is 16.8. The van der Waals surface area contributed by atoms with Gasteiger partial charge in [-0.05, 0) is 51.9 Å². The lowest BCUT2D eigenvalue weighted by atomic mass is 9.89. The molecule has 2 atom stereocenters. The molecular weight excluding hydrogens is 472 g/mol. The van der Waals surface area contributed by atoms with Crippen molar-refractivity contribution in [2.24, 2.45) is 0 Å². The summed E-state index contributed by atoms with van der Waals surface area (Å²) < 4.78 is 3.23. The Morgan fingerprint density at radius 1 is 1.20 bits per heavy atom. The summed E-state index contributed by atoms with van der Waals surface area (Å²) in [6.07, 6.45) is 5.74. The van der Waals surface area contributed by atoms with E-state index in [1.807, 2.05) is 0 Å². The van der Waals surface area contributed by atoms with Crippen molar-refractivity contribution >= 4 is 40.5 Å². The second-order valence-electron chi connectivity index (χ2n) is 9.24. The summed E-state index contributed by atoms with van der Waals surface area (Å²) in [5.41, 5.74) is 0.725. The van der Waals surface area contributed by atoms with E-state index in [1.54, 1.807) is 29.9 Å². The minimum atomic E-state index is -0.534. The monoisotopic (exact) mass is 500 g/mol. The molecule has 0 bridgehead atoms. The number of aliphatic hydroxyl groups is 1. The zero-order valence-electron chi connectivity index (χ0n) is 19.7. The number of likely N-dealkylation sites (tertiary alicyclic amines) is 1. The van der Waals surface area contributed by atoms with E-state index in [9.17, 15) is 14.7 Å². The minimum Gasteiger partial charge on any atom is -0.391 e. The predicted octanol–water partition coefficient (Wildman–Crippen LogP) is 1.85. The van der Waals surface area contributed by atoms with Gasteiger partial charge in [0.25, 0.3) is 11.5 Å². The third kappa shape index (κ3) is 4.58. The number of amides is 1. The topological polar surface area (TPSA) is 129 Å². The fourth-order valence-electron chi connectivity index (χ4n) is 4.60. The summed E-state index contributed by atoms with van der Waals surface area (Å²) in [7, 11) is 3.81. The number of rotatable bonds is 6. The van der Waals surface area contributed by atoms with Crippen molar-refractivity contribution in [3.05, 3.63) is 45.5 Å². The number of nitrogens with one attached hydrogen (secondary N) is 3. The number of hydrogen-bond acceptors (Lipinski definition) is 8. The van der Waals surface area contributed by atoms with Crippen LogP contribution in [0.25, 0.3) is 5.65 Å². The first kappa shape index (κ1) is 23.6. The Labute approximate surface area is 207 Å². The molecule has 35 heavy (non-hydrogen) atoms. The quantitative estimate of drug-likeness (QED) is 0.403. The lowest BCUT2D eigenvalue weighted by Crippen LogP contribution is -2.50. The van der Waals surface area contributed by atoms with Crippen LogP contribution in [0.4, 0.5) is 17.3 Å². The van der Waals surface area contributed by atoms with Crippen LogP contribution in [0.15, 0.2) is 29.3 Å². The molecule has 0 aromatic carbocycles. The number of halogens is 1. The van der Waals surface area contributed by atoms with Crippen LogP contribution in [0.1, 0.15) is 42.1 Å². The molecule has 1 amide bonds. The number of fused-ring (bicyclic) bond motifs is 1. The molecule has 0 spiro atoms. The van der Waals surface area contributed by atoms with Gasteiger partial charge in [0.05, 0.1) is 23.4 Å². The molecule has 0 radical (unpaired) electrons. The van der Waals surface area contributed by atoms with Crippen LogP contribution >= 0.6 is 11.6 Å². The predicted molar refractivity (Wildman–Crippen MR) is 134 cm³/mol. The molecule has 2 aliphatic rings. The largest absolute Gasteiger partial charge is 0.391 e. The van der Waals surface area contributed by atoms with Crippen molar-refractivity contribution in [2.75, 3.05) is 37.8 Å². The Balaban J connectivity index is 1.47. The molecule has 3 aromatic heterocycles. The van der Waals surface area contributed by atoms with Crippen LogP contribution < -0.4 is 21.5 Å². The van der Waals surface area contributed by atoms with Crippen LogP contribution in [0.5, 0.6) is 0 Å². The highest BCUT2D eigenvalue weighted by Crippen LogP contribution is 2.26. The molecule has 11 nitrogen and oxygen atoms in total. The Kier molecular flexibility index (Phi) is 6.39. The van der Waals surface area contributed by atoms with Crippen molar-refractivity contribution in [3.8, 4) is 0 Å². The zero-order chi connectivity index (χ0) is 24.7. The standard InChI is InChI=1S/C23H29ClN8O3/c1-25-20-10-19(29-21-15(11-26-32(20)21)22(34)28-16-3-4-18(16)33)27-17-9-13(24)12-31(23(17)35)14-5-7-30(2)8-6-14/h9-12,14,16,18,25,33H,3-8H2,1-2H3,(H,27,29)(H,28,34)/t16?,18-/m0/s1. The summed E-state index contributed by atoms with van der Waals surface area (Å²) in [6.45, 7) is 1.83. The maximum absolute atomic E-state index is 13.3. The number of carbonyl (C=O) groups is 1. The molecule has 2 fully saturated rings. The van der Waals surface area contributed by atoms with Crippen LogP contribution in [0.3, 0.4) is 0 Å². The van der Waals surface area contributed by atoms with Gasteiger partial charge in [-0.15, -0.1) is 0 Å². The maximum Gasteiger partial charge on any atom is 0.274 e. The average Bonchev–Trinajstić information content (AvgIpc) is 3.27. The van der Waals surface area contributed by atoms with Gasteiger partial charge in [-0.1, -0.05) is 11.6 Å². The van der Waals surface area contributed by atoms with E-state index >= 15 is 0 Å². The second-order valence-corrected chi connectivity index (χ2v) is 9.68. The summed E-state index contributed by atoms with van der Waals surface area (Å²) >= 11 is 6.39. The fraction of sp³-hybridized carbons (Fsp3) is 0.478. The molecule has 3 aromatic rings. The van der Waals surface area contributed by atoms with E-state index in [2.05, 4.69) is 38.0 Å². The van der Waals surface area contributed by atoms with Crippen molar-refractivity contribution in [1.29, 1.82) is 0 Å². The van der Waals surface area contributed by atoms with Gasteiger partial charge in [0.2, 0.25) is 0 Å². The van der Waals surface area contributed by atoms with E-state index < -0.39 is 6.10 Å². The van der Waals surface area contributed by atoms with Crippen LogP contribution in [0, 0.1) is 0 Å². The molecule has 12 heteroatoms. The van der Waals surface area contributed by atoms with Gasteiger partial charge in [0.15, 0.2) is 5.65 Å². The average molecular weight is 501 g/mol. The number of anilines is 3. The Morgan fingerprint density at radius 3 is 2.63 bits per heavy atom. The van der Waals surface area contributed by atoms with Gasteiger partial charge >= 0.3 is 0 Å². The van der Waals surface area contributed by atoms with Crippen LogP contribution in [0.2, 0.25) is 5.02 Å². The van der Waals surface area contributed by atoms with Crippen molar-refractivity contribution in [2.45, 2.75) is 43.9 Å². The van der Waals surface area contributed by atoms with Crippen LogP contribution in [-0.2, 0) is 0 Å². The number of carbonyl (C=O) groups excluding carboxylic acids is 1. The van der Waals surface area contributed by atoms with Gasteiger partial charge in [0, 0.05) is 25.4 Å². The van der Waals surface area contributed by atoms with Crippen molar-refractivity contribution in [1.82, 2.24) is 29.4 Å². The summed E-state index contributed by atoms with van der Waals surface area (Å²) in [5.74, 6) is 0.593. The molecule has 1 saturated carbocycles. The van der Waals surface area contributed by atoms with Gasteiger partial charge < -0.3 is 30.5 Å². The normalized spacial score (nSPS) is 21.0. The summed E-state index contributed by atoms with van der Waals surface area (Å²) in [5, 5.41) is 23.5. The van der Waals surface area contributed by atoms with Gasteiger partial charge in [0.1, 0.15) is 22.9 Å². The molecule has 186 valence electrons. The van der Waals surface area contributed by atoms with Gasteiger partial charge in [-0.25, -0.2) is 4.98 Å². The minimum absolute atomic E-state index is 0.0771. The Morgan fingerprint density at radius 2 is 1.97 bits per heavy atom. The molecule has 4 heterocycles. The van der Waals surface area contributed by atoms with Gasteiger partial charge in [-0.2, -0.15) is 9.61 Å². The molecular formula is C23H29ClN8O3. The third-order valence-corrected chi connectivity index (χ3v) is 7.09. The molecule has 1 aliphatic heterocycles. The highest BCUT2D eigenvalue weighted by atomic mass is 35.5. The molecule has 1 aliphatic carbocycles. The van der Waals surface area contributed by atoms with E-state index in [1.165, 1.54) is 10.7 Å². The maximum atomic E-state index is 13.3. The second kappa shape index (κ2) is 9.48. The van der Waals surface area contributed by atoms with E-state index in [-0.39, 0.29) is 29.1 Å². The third-order valence-electron chi connectivity index (χ3n) is 6.88. The molecule has 1 unspecified atom stereocenters. The van der Waals surface area contributed by atoms with E-state index in [4.69, 9.17) is 11.6 Å². The van der Waals surface area contributed by atoms with Gasteiger partial charge in [-0.3, -0.25) is 9.59 Å².